The van der Waals surface area contributed by atoms with Gasteiger partial charge in [-0.25, -0.2) is 4.68 Å². The third kappa shape index (κ3) is 4.70. The molecule has 0 aliphatic carbocycles. The van der Waals surface area contributed by atoms with Crippen LogP contribution < -0.4 is 5.32 Å². The van der Waals surface area contributed by atoms with E-state index in [2.05, 4.69) is 62.4 Å². The molecular formula is C11H23N5. The van der Waals surface area contributed by atoms with Gasteiger partial charge in [0.2, 0.25) is 0 Å². The fraction of sp³-hybridized carbons (Fsp3) is 0.909. The third-order valence-electron chi connectivity index (χ3n) is 2.01. The van der Waals surface area contributed by atoms with Crippen LogP contribution in [0.25, 0.3) is 0 Å². The molecule has 0 aliphatic heterocycles. The van der Waals surface area contributed by atoms with Gasteiger partial charge in [0.15, 0.2) is 5.82 Å². The molecule has 0 atom stereocenters. The van der Waals surface area contributed by atoms with Crippen molar-refractivity contribution < 1.29 is 0 Å². The molecule has 1 rings (SSSR count). The van der Waals surface area contributed by atoms with Gasteiger partial charge in [-0.05, 0) is 36.6 Å². The molecule has 5 nitrogen and oxygen atoms in total. The van der Waals surface area contributed by atoms with Crippen LogP contribution in [0.2, 0.25) is 0 Å². The van der Waals surface area contributed by atoms with E-state index < -0.39 is 0 Å². The zero-order valence-electron chi connectivity index (χ0n) is 11.2. The highest BCUT2D eigenvalue weighted by atomic mass is 15.5. The summed E-state index contributed by atoms with van der Waals surface area (Å²) in [6.45, 7) is 14.5. The minimum absolute atomic E-state index is 0.0819. The van der Waals surface area contributed by atoms with E-state index in [1.54, 1.807) is 0 Å². The maximum atomic E-state index is 4.04. The molecule has 1 N–H and O–H groups in total. The van der Waals surface area contributed by atoms with Gasteiger partial charge in [0.1, 0.15) is 0 Å². The molecule has 0 saturated heterocycles. The molecular weight excluding hydrogens is 202 g/mol. The van der Waals surface area contributed by atoms with Gasteiger partial charge in [0, 0.05) is 12.1 Å². The van der Waals surface area contributed by atoms with Crippen molar-refractivity contribution in [3.05, 3.63) is 5.82 Å². The highest BCUT2D eigenvalue weighted by molar-refractivity contribution is 4.84. The third-order valence-corrected chi connectivity index (χ3v) is 2.01. The summed E-state index contributed by atoms with van der Waals surface area (Å²) in [5, 5.41) is 15.2. The van der Waals surface area contributed by atoms with Crippen LogP contribution in [0.1, 0.15) is 47.4 Å². The molecule has 0 spiro atoms. The fourth-order valence-corrected chi connectivity index (χ4v) is 1.27. The van der Waals surface area contributed by atoms with E-state index in [9.17, 15) is 0 Å². The molecule has 0 radical (unpaired) electrons. The molecule has 1 heterocycles. The zero-order chi connectivity index (χ0) is 12.4. The highest BCUT2D eigenvalue weighted by Gasteiger charge is 2.17. The molecule has 0 unspecified atom stereocenters. The molecule has 1 aromatic rings. The zero-order valence-corrected chi connectivity index (χ0v) is 11.2. The Morgan fingerprint density at radius 3 is 2.25 bits per heavy atom. The molecule has 0 bridgehead atoms. The second-order valence-electron chi connectivity index (χ2n) is 6.42. The summed E-state index contributed by atoms with van der Waals surface area (Å²) in [5.74, 6) is 0.893. The summed E-state index contributed by atoms with van der Waals surface area (Å²) < 4.78 is 1.87. The lowest BCUT2D eigenvalue weighted by Crippen LogP contribution is -2.36. The molecule has 5 heteroatoms. The maximum Gasteiger partial charge on any atom is 0.165 e. The van der Waals surface area contributed by atoms with E-state index in [0.29, 0.717) is 6.54 Å². The largest absolute Gasteiger partial charge is 0.305 e. The Kier molecular flexibility index (Phi) is 3.68. The molecule has 0 aromatic carbocycles. The summed E-state index contributed by atoms with van der Waals surface area (Å²) in [7, 11) is 0. The number of tetrazole rings is 1. The Balaban J connectivity index is 2.64. The van der Waals surface area contributed by atoms with Gasteiger partial charge in [0.25, 0.3) is 0 Å². The molecule has 0 fully saturated rings. The van der Waals surface area contributed by atoms with Crippen LogP contribution in [0, 0.1) is 5.41 Å². The van der Waals surface area contributed by atoms with E-state index in [4.69, 9.17) is 0 Å². The van der Waals surface area contributed by atoms with Gasteiger partial charge in [-0.3, -0.25) is 0 Å². The Morgan fingerprint density at radius 1 is 1.12 bits per heavy atom. The van der Waals surface area contributed by atoms with Crippen molar-refractivity contribution in [1.29, 1.82) is 0 Å². The van der Waals surface area contributed by atoms with Gasteiger partial charge < -0.3 is 5.32 Å². The van der Waals surface area contributed by atoms with Crippen LogP contribution in [0.3, 0.4) is 0 Å². The molecule has 0 saturated carbocycles. The van der Waals surface area contributed by atoms with Crippen molar-refractivity contribution in [2.75, 3.05) is 0 Å². The predicted octanol–water partition coefficient (Wildman–Crippen LogP) is 1.61. The number of hydrogen-bond acceptors (Lipinski definition) is 4. The first-order valence-electron chi connectivity index (χ1n) is 5.67. The average molecular weight is 225 g/mol. The van der Waals surface area contributed by atoms with Crippen LogP contribution in [0.4, 0.5) is 0 Å². The first-order chi connectivity index (χ1) is 7.17. The van der Waals surface area contributed by atoms with Crippen molar-refractivity contribution >= 4 is 0 Å². The molecule has 92 valence electrons. The van der Waals surface area contributed by atoms with Crippen molar-refractivity contribution in [3.8, 4) is 0 Å². The van der Waals surface area contributed by atoms with E-state index >= 15 is 0 Å². The number of rotatable bonds is 3. The fourth-order valence-electron chi connectivity index (χ4n) is 1.27. The highest BCUT2D eigenvalue weighted by Crippen LogP contribution is 2.16. The maximum absolute atomic E-state index is 4.04. The quantitative estimate of drug-likeness (QED) is 0.849. The Bertz CT molecular complexity index is 329. The van der Waals surface area contributed by atoms with Gasteiger partial charge in [-0.1, -0.05) is 20.8 Å². The monoisotopic (exact) mass is 225 g/mol. The van der Waals surface area contributed by atoms with E-state index in [0.717, 1.165) is 12.4 Å². The minimum atomic E-state index is 0.0819. The minimum Gasteiger partial charge on any atom is -0.305 e. The molecule has 1 aromatic heterocycles. The molecule has 16 heavy (non-hydrogen) atoms. The second-order valence-corrected chi connectivity index (χ2v) is 6.42. The summed E-state index contributed by atoms with van der Waals surface area (Å²) in [6.07, 6.45) is 0. The summed E-state index contributed by atoms with van der Waals surface area (Å²) in [4.78, 5) is 0. The molecule has 0 aliphatic rings. The van der Waals surface area contributed by atoms with Gasteiger partial charge in [-0.15, -0.1) is 5.10 Å². The average Bonchev–Trinajstić information content (AvgIpc) is 2.44. The predicted molar refractivity (Wildman–Crippen MR) is 63.9 cm³/mol. The van der Waals surface area contributed by atoms with Crippen molar-refractivity contribution in [2.24, 2.45) is 5.41 Å². The van der Waals surface area contributed by atoms with E-state index in [1.807, 2.05) is 4.68 Å². The standard InChI is InChI=1S/C11H23N5/c1-10(2,3)8-16-9(13-14-15-16)7-12-11(4,5)6/h12H,7-8H2,1-6H3. The Labute approximate surface area is 97.6 Å². The Hall–Kier alpha value is -0.970. The van der Waals surface area contributed by atoms with Gasteiger partial charge >= 0.3 is 0 Å². The van der Waals surface area contributed by atoms with Gasteiger partial charge in [0.05, 0.1) is 6.54 Å². The van der Waals surface area contributed by atoms with Crippen LogP contribution in [0.15, 0.2) is 0 Å². The van der Waals surface area contributed by atoms with Crippen molar-refractivity contribution in [2.45, 2.75) is 60.2 Å². The summed E-state index contributed by atoms with van der Waals surface area (Å²) >= 11 is 0. The van der Waals surface area contributed by atoms with Gasteiger partial charge in [-0.2, -0.15) is 0 Å². The molecule has 0 amide bonds. The summed E-state index contributed by atoms with van der Waals surface area (Å²) in [6, 6.07) is 0. The van der Waals surface area contributed by atoms with Crippen LogP contribution in [-0.4, -0.2) is 25.7 Å². The lowest BCUT2D eigenvalue weighted by Gasteiger charge is -2.21. The van der Waals surface area contributed by atoms with Crippen LogP contribution in [-0.2, 0) is 13.1 Å². The smallest absolute Gasteiger partial charge is 0.165 e. The number of nitrogens with zero attached hydrogens (tertiary/aromatic N) is 4. The second kappa shape index (κ2) is 4.49. The van der Waals surface area contributed by atoms with E-state index in [1.165, 1.54) is 0 Å². The first kappa shape index (κ1) is 13.1. The lowest BCUT2D eigenvalue weighted by molar-refractivity contribution is 0.309. The number of hydrogen-bond donors (Lipinski definition) is 1. The van der Waals surface area contributed by atoms with Crippen molar-refractivity contribution in [3.63, 3.8) is 0 Å². The normalized spacial score (nSPS) is 13.1. The number of nitrogens with one attached hydrogen (secondary N) is 1. The summed E-state index contributed by atoms with van der Waals surface area (Å²) in [5.41, 5.74) is 0.268. The SMILES string of the molecule is CC(C)(C)Cn1nnnc1CNC(C)(C)C. The Morgan fingerprint density at radius 2 is 1.75 bits per heavy atom. The first-order valence-corrected chi connectivity index (χ1v) is 5.67. The number of aromatic nitrogens is 4. The van der Waals surface area contributed by atoms with E-state index in [-0.39, 0.29) is 11.0 Å². The lowest BCUT2D eigenvalue weighted by atomic mass is 9.97. The van der Waals surface area contributed by atoms with Crippen LogP contribution in [0.5, 0.6) is 0 Å². The van der Waals surface area contributed by atoms with Crippen LogP contribution >= 0.6 is 0 Å². The topological polar surface area (TPSA) is 55.6 Å². The van der Waals surface area contributed by atoms with Crippen molar-refractivity contribution in [1.82, 2.24) is 25.5 Å².